The van der Waals surface area contributed by atoms with Gasteiger partial charge < -0.3 is 14.3 Å². The van der Waals surface area contributed by atoms with E-state index < -0.39 is 6.17 Å². The van der Waals surface area contributed by atoms with Crippen LogP contribution in [0.15, 0.2) is 196 Å². The normalized spacial score (nSPS) is 14.5. The Bertz CT molecular complexity index is 3390. The van der Waals surface area contributed by atoms with E-state index in [1.54, 1.807) is 0 Å². The molecule has 0 amide bonds. The Morgan fingerprint density at radius 3 is 1.82 bits per heavy atom. The van der Waals surface area contributed by atoms with Gasteiger partial charge in [0.15, 0.2) is 5.84 Å². The fraction of sp³-hybridized carbons (Fsp3) is 0.0196. The van der Waals surface area contributed by atoms with Gasteiger partial charge in [0.1, 0.15) is 23.2 Å². The number of hydrogen-bond acceptors (Lipinski definition) is 5. The largest absolute Gasteiger partial charge is 0.456 e. The second kappa shape index (κ2) is 12.6. The minimum absolute atomic E-state index is 0.403. The number of fused-ring (bicyclic) bond motifs is 9. The zero-order valence-corrected chi connectivity index (χ0v) is 31.4. The van der Waals surface area contributed by atoms with Crippen LogP contribution >= 0.6 is 11.3 Å². The number of nitrogens with zero attached hydrogens (tertiary/aromatic N) is 3. The van der Waals surface area contributed by atoms with Crippen molar-refractivity contribution in [3.8, 4) is 16.8 Å². The Hall–Kier alpha value is -7.28. The Kier molecular flexibility index (Phi) is 7.09. The molecule has 3 aromatic heterocycles. The van der Waals surface area contributed by atoms with Gasteiger partial charge in [-0.1, -0.05) is 152 Å². The van der Waals surface area contributed by atoms with Crippen molar-refractivity contribution in [2.45, 2.75) is 6.17 Å². The number of thiophene rings is 1. The SMILES string of the molecule is c1ccc(C2=NC(c3cccc4oc5cccc(-c6cccc7c6sc6c(-n8c9ccccc9c9ccccc98)cccc67)c5c34)NC(c3ccccc3)=N2)cc1. The van der Waals surface area contributed by atoms with Crippen molar-refractivity contribution < 1.29 is 4.42 Å². The van der Waals surface area contributed by atoms with Gasteiger partial charge in [0, 0.05) is 59.3 Å². The summed E-state index contributed by atoms with van der Waals surface area (Å²) in [6, 6.07) is 64.1. The highest BCUT2D eigenvalue weighted by molar-refractivity contribution is 7.26. The van der Waals surface area contributed by atoms with Gasteiger partial charge in [-0.15, -0.1) is 11.3 Å². The van der Waals surface area contributed by atoms with Crippen LogP contribution in [0, 0.1) is 0 Å². The van der Waals surface area contributed by atoms with E-state index in [9.17, 15) is 0 Å². The fourth-order valence-electron chi connectivity index (χ4n) is 8.79. The van der Waals surface area contributed by atoms with Crippen molar-refractivity contribution in [2.24, 2.45) is 9.98 Å². The molecule has 1 atom stereocenters. The van der Waals surface area contributed by atoms with E-state index in [1.165, 1.54) is 53.2 Å². The summed E-state index contributed by atoms with van der Waals surface area (Å²) in [4.78, 5) is 10.3. The topological polar surface area (TPSA) is 54.8 Å². The van der Waals surface area contributed by atoms with Gasteiger partial charge in [0.2, 0.25) is 0 Å². The first kappa shape index (κ1) is 32.0. The molecule has 12 rings (SSSR count). The fourth-order valence-corrected chi connectivity index (χ4v) is 10.1. The maximum absolute atomic E-state index is 6.68. The number of benzene rings is 8. The van der Waals surface area contributed by atoms with Crippen molar-refractivity contribution in [3.63, 3.8) is 0 Å². The van der Waals surface area contributed by atoms with Crippen molar-refractivity contribution in [1.29, 1.82) is 0 Å². The van der Waals surface area contributed by atoms with Gasteiger partial charge in [0.05, 0.1) is 21.4 Å². The van der Waals surface area contributed by atoms with E-state index in [0.717, 1.165) is 50.0 Å². The van der Waals surface area contributed by atoms with Crippen LogP contribution in [0.25, 0.3) is 80.7 Å². The van der Waals surface area contributed by atoms with Crippen molar-refractivity contribution >= 4 is 86.9 Å². The number of furan rings is 1. The van der Waals surface area contributed by atoms with E-state index in [4.69, 9.17) is 14.4 Å². The summed E-state index contributed by atoms with van der Waals surface area (Å²) in [5.74, 6) is 1.48. The number of rotatable bonds is 5. The van der Waals surface area contributed by atoms with Gasteiger partial charge in [-0.2, -0.15) is 0 Å². The third kappa shape index (κ3) is 4.94. The molecule has 1 N–H and O–H groups in total. The van der Waals surface area contributed by atoms with Crippen LogP contribution in [0.3, 0.4) is 0 Å². The monoisotopic (exact) mass is 748 g/mol. The summed E-state index contributed by atoms with van der Waals surface area (Å²) >= 11 is 1.87. The van der Waals surface area contributed by atoms with Gasteiger partial charge in [0.25, 0.3) is 0 Å². The predicted molar refractivity (Wildman–Crippen MR) is 238 cm³/mol. The van der Waals surface area contributed by atoms with Crippen LogP contribution in [0.1, 0.15) is 22.9 Å². The molecular weight excluding hydrogens is 717 g/mol. The molecule has 1 unspecified atom stereocenters. The molecule has 0 saturated heterocycles. The molecule has 0 saturated carbocycles. The molecule has 0 aliphatic carbocycles. The van der Waals surface area contributed by atoms with Gasteiger partial charge in [-0.25, -0.2) is 9.98 Å². The molecule has 6 heteroatoms. The zero-order chi connectivity index (χ0) is 37.5. The van der Waals surface area contributed by atoms with Crippen molar-refractivity contribution in [2.75, 3.05) is 0 Å². The number of para-hydroxylation sites is 2. The summed E-state index contributed by atoms with van der Waals surface area (Å²) < 4.78 is 11.6. The minimum Gasteiger partial charge on any atom is -0.456 e. The summed E-state index contributed by atoms with van der Waals surface area (Å²) in [6.45, 7) is 0. The van der Waals surface area contributed by atoms with Crippen LogP contribution in [-0.2, 0) is 0 Å². The van der Waals surface area contributed by atoms with Gasteiger partial charge in [-0.05, 0) is 35.9 Å². The average Bonchev–Trinajstić information content (AvgIpc) is 3.97. The number of hydrogen-bond donors (Lipinski definition) is 1. The lowest BCUT2D eigenvalue weighted by Gasteiger charge is -2.24. The summed E-state index contributed by atoms with van der Waals surface area (Å²) in [5.41, 5.74) is 10.6. The second-order valence-electron chi connectivity index (χ2n) is 14.5. The van der Waals surface area contributed by atoms with E-state index in [1.807, 2.05) is 47.7 Å². The molecule has 0 radical (unpaired) electrons. The molecule has 0 fully saturated rings. The second-order valence-corrected chi connectivity index (χ2v) is 15.5. The smallest absolute Gasteiger partial charge is 0.159 e. The minimum atomic E-state index is -0.403. The Morgan fingerprint density at radius 1 is 0.491 bits per heavy atom. The lowest BCUT2D eigenvalue weighted by molar-refractivity contribution is 0.662. The van der Waals surface area contributed by atoms with E-state index >= 15 is 0 Å². The van der Waals surface area contributed by atoms with Crippen LogP contribution in [0.5, 0.6) is 0 Å². The molecule has 5 nitrogen and oxygen atoms in total. The van der Waals surface area contributed by atoms with Crippen molar-refractivity contribution in [1.82, 2.24) is 9.88 Å². The first-order valence-corrected chi connectivity index (χ1v) is 20.0. The van der Waals surface area contributed by atoms with Gasteiger partial charge >= 0.3 is 0 Å². The Labute approximate surface area is 331 Å². The maximum atomic E-state index is 6.68. The molecular formula is C51H32N4OS. The van der Waals surface area contributed by atoms with Crippen LogP contribution in [0.4, 0.5) is 0 Å². The van der Waals surface area contributed by atoms with Crippen LogP contribution < -0.4 is 5.32 Å². The molecule has 0 bridgehead atoms. The Morgan fingerprint density at radius 2 is 1.07 bits per heavy atom. The predicted octanol–water partition coefficient (Wildman–Crippen LogP) is 13.2. The molecule has 0 spiro atoms. The lowest BCUT2D eigenvalue weighted by Crippen LogP contribution is -2.33. The molecule has 11 aromatic rings. The van der Waals surface area contributed by atoms with E-state index in [2.05, 4.69) is 155 Å². The van der Waals surface area contributed by atoms with E-state index in [-0.39, 0.29) is 0 Å². The summed E-state index contributed by atoms with van der Waals surface area (Å²) in [6.07, 6.45) is -0.403. The number of aromatic nitrogens is 1. The average molecular weight is 749 g/mol. The van der Waals surface area contributed by atoms with Crippen molar-refractivity contribution in [3.05, 3.63) is 199 Å². The highest BCUT2D eigenvalue weighted by Crippen LogP contribution is 2.47. The molecule has 8 aromatic carbocycles. The number of amidine groups is 2. The summed E-state index contributed by atoms with van der Waals surface area (Å²) in [5, 5.41) is 10.9. The zero-order valence-electron chi connectivity index (χ0n) is 30.6. The molecule has 1 aliphatic rings. The van der Waals surface area contributed by atoms with Crippen LogP contribution in [-0.4, -0.2) is 16.2 Å². The Balaban J connectivity index is 1.08. The van der Waals surface area contributed by atoms with Crippen LogP contribution in [0.2, 0.25) is 0 Å². The summed E-state index contributed by atoms with van der Waals surface area (Å²) in [7, 11) is 0. The first-order valence-electron chi connectivity index (χ1n) is 19.2. The standard InChI is InChI=1S/C51H32N4OS/c1-3-15-31(16-4-1)49-52-50(32-17-5-2-6-18-32)54-51(53-49)39-25-14-30-44-46(39)45-35(21-13-29-43(45)56-44)36-22-11-23-37-38-24-12-28-42(48(38)57-47(36)37)55-40-26-9-7-19-33(40)34-20-8-10-27-41(34)55/h1-30,51H,(H,52,53,54). The first-order chi connectivity index (χ1) is 28.3. The molecule has 1 aliphatic heterocycles. The molecule has 268 valence electrons. The third-order valence-electron chi connectivity index (χ3n) is 11.3. The van der Waals surface area contributed by atoms with Gasteiger partial charge in [-0.3, -0.25) is 0 Å². The number of aliphatic imine (C=N–C) groups is 2. The highest BCUT2D eigenvalue weighted by atomic mass is 32.1. The third-order valence-corrected chi connectivity index (χ3v) is 12.6. The lowest BCUT2D eigenvalue weighted by atomic mass is 9.95. The quantitative estimate of drug-likeness (QED) is 0.191. The molecule has 4 heterocycles. The number of nitrogens with one attached hydrogen (secondary N) is 1. The maximum Gasteiger partial charge on any atom is 0.159 e. The van der Waals surface area contributed by atoms with E-state index in [0.29, 0.717) is 5.84 Å². The highest BCUT2D eigenvalue weighted by Gasteiger charge is 2.26. The molecule has 57 heavy (non-hydrogen) atoms.